The van der Waals surface area contributed by atoms with Crippen LogP contribution in [-0.4, -0.2) is 17.7 Å². The first-order valence-corrected chi connectivity index (χ1v) is 4.29. The molecule has 3 N–H and O–H groups in total. The predicted octanol–water partition coefficient (Wildman–Crippen LogP) is 1.02. The van der Waals surface area contributed by atoms with E-state index in [2.05, 4.69) is 0 Å². The van der Waals surface area contributed by atoms with Gasteiger partial charge >= 0.3 is 5.97 Å². The summed E-state index contributed by atoms with van der Waals surface area (Å²) in [7, 11) is 0. The second kappa shape index (κ2) is 4.33. The molecule has 0 radical (unpaired) electrons. The van der Waals surface area contributed by atoms with Gasteiger partial charge in [-0.3, -0.25) is 0 Å². The molecule has 0 spiro atoms. The molecular weight excluding hydrogens is 196 g/mol. The van der Waals surface area contributed by atoms with Gasteiger partial charge in [0.05, 0.1) is 17.9 Å². The fourth-order valence-corrected chi connectivity index (χ4v) is 1.07. The number of phenolic OH excluding ortho intramolecular Hbond substituents is 1. The molecule has 1 aromatic rings. The van der Waals surface area contributed by atoms with Gasteiger partial charge in [-0.1, -0.05) is 0 Å². The molecule has 1 aromatic carbocycles. The molecule has 0 heterocycles. The number of anilines is 1. The van der Waals surface area contributed by atoms with Crippen molar-refractivity contribution < 1.29 is 14.6 Å². The topological polar surface area (TPSA) is 96.3 Å². The Labute approximate surface area is 86.7 Å². The molecule has 5 heteroatoms. The van der Waals surface area contributed by atoms with Gasteiger partial charge in [0.2, 0.25) is 0 Å². The SMILES string of the molecule is CCOC(=O)c1cc(C#N)c(N)cc1O. The zero-order valence-electron chi connectivity index (χ0n) is 8.15. The molecule has 0 aromatic heterocycles. The molecule has 0 fully saturated rings. The largest absolute Gasteiger partial charge is 0.507 e. The van der Waals surface area contributed by atoms with Gasteiger partial charge in [0.15, 0.2) is 0 Å². The average molecular weight is 206 g/mol. The minimum atomic E-state index is -0.675. The second-order valence-electron chi connectivity index (χ2n) is 2.79. The number of ether oxygens (including phenoxy) is 1. The van der Waals surface area contributed by atoms with Crippen molar-refractivity contribution in [2.75, 3.05) is 12.3 Å². The number of hydrogen-bond acceptors (Lipinski definition) is 5. The molecule has 1 rings (SSSR count). The number of carbonyl (C=O) groups excluding carboxylic acids is 1. The van der Waals surface area contributed by atoms with Crippen LogP contribution in [0.1, 0.15) is 22.8 Å². The summed E-state index contributed by atoms with van der Waals surface area (Å²) in [6.45, 7) is 1.85. The lowest BCUT2D eigenvalue weighted by molar-refractivity contribution is 0.0523. The fourth-order valence-electron chi connectivity index (χ4n) is 1.07. The Kier molecular flexibility index (Phi) is 3.13. The molecular formula is C10H10N2O3. The van der Waals surface area contributed by atoms with E-state index in [-0.39, 0.29) is 29.2 Å². The average Bonchev–Trinajstić information content (AvgIpc) is 2.18. The Bertz CT molecular complexity index is 435. The quantitative estimate of drug-likeness (QED) is 0.556. The van der Waals surface area contributed by atoms with Gasteiger partial charge in [-0.2, -0.15) is 5.26 Å². The van der Waals surface area contributed by atoms with Gasteiger partial charge in [-0.15, -0.1) is 0 Å². The zero-order valence-corrected chi connectivity index (χ0v) is 8.15. The highest BCUT2D eigenvalue weighted by Gasteiger charge is 2.14. The van der Waals surface area contributed by atoms with Crippen molar-refractivity contribution in [3.8, 4) is 11.8 Å². The maximum absolute atomic E-state index is 11.3. The first-order valence-electron chi connectivity index (χ1n) is 4.29. The number of rotatable bonds is 2. The Balaban J connectivity index is 3.20. The first-order chi connectivity index (χ1) is 7.10. The van der Waals surface area contributed by atoms with Crippen LogP contribution in [0.2, 0.25) is 0 Å². The maximum Gasteiger partial charge on any atom is 0.341 e. The molecule has 0 amide bonds. The summed E-state index contributed by atoms with van der Waals surface area (Å²) in [5.41, 5.74) is 5.65. The van der Waals surface area contributed by atoms with Gasteiger partial charge in [-0.25, -0.2) is 4.79 Å². The van der Waals surface area contributed by atoms with Crippen LogP contribution in [-0.2, 0) is 4.74 Å². The van der Waals surface area contributed by atoms with Crippen molar-refractivity contribution in [3.63, 3.8) is 0 Å². The second-order valence-corrected chi connectivity index (χ2v) is 2.79. The van der Waals surface area contributed by atoms with E-state index in [0.29, 0.717) is 0 Å². The van der Waals surface area contributed by atoms with E-state index in [1.807, 2.05) is 6.07 Å². The lowest BCUT2D eigenvalue weighted by Crippen LogP contribution is -2.06. The molecule has 78 valence electrons. The first kappa shape index (κ1) is 10.9. The monoisotopic (exact) mass is 206 g/mol. The third-order valence-electron chi connectivity index (χ3n) is 1.78. The highest BCUT2D eigenvalue weighted by Crippen LogP contribution is 2.24. The number of carbonyl (C=O) groups is 1. The molecule has 15 heavy (non-hydrogen) atoms. The number of esters is 1. The molecule has 0 aliphatic carbocycles. The van der Waals surface area contributed by atoms with Crippen LogP contribution in [0.25, 0.3) is 0 Å². The van der Waals surface area contributed by atoms with Crippen LogP contribution in [0.5, 0.6) is 5.75 Å². The Hall–Kier alpha value is -2.22. The molecule has 0 bridgehead atoms. The predicted molar refractivity (Wildman–Crippen MR) is 53.2 cm³/mol. The van der Waals surface area contributed by atoms with E-state index in [9.17, 15) is 9.90 Å². The van der Waals surface area contributed by atoms with Crippen molar-refractivity contribution in [2.45, 2.75) is 6.92 Å². The number of hydrogen-bond donors (Lipinski definition) is 2. The van der Waals surface area contributed by atoms with Gasteiger partial charge in [0.1, 0.15) is 17.4 Å². The summed E-state index contributed by atoms with van der Waals surface area (Å²) in [4.78, 5) is 11.3. The number of nitriles is 1. The minimum Gasteiger partial charge on any atom is -0.507 e. The van der Waals surface area contributed by atoms with Gasteiger partial charge < -0.3 is 15.6 Å². The third-order valence-corrected chi connectivity index (χ3v) is 1.78. The molecule has 0 atom stereocenters. The van der Waals surface area contributed by atoms with Crippen LogP contribution >= 0.6 is 0 Å². The van der Waals surface area contributed by atoms with E-state index >= 15 is 0 Å². The molecule has 0 aliphatic heterocycles. The number of nitrogens with zero attached hydrogens (tertiary/aromatic N) is 1. The van der Waals surface area contributed by atoms with Crippen LogP contribution in [0.3, 0.4) is 0 Å². The fraction of sp³-hybridized carbons (Fsp3) is 0.200. The maximum atomic E-state index is 11.3. The van der Waals surface area contributed by atoms with E-state index in [4.69, 9.17) is 15.7 Å². The summed E-state index contributed by atoms with van der Waals surface area (Å²) < 4.78 is 4.70. The number of benzene rings is 1. The van der Waals surface area contributed by atoms with Gasteiger partial charge in [-0.05, 0) is 13.0 Å². The summed E-state index contributed by atoms with van der Waals surface area (Å²) in [6, 6.07) is 4.18. The Morgan fingerprint density at radius 1 is 1.67 bits per heavy atom. The summed E-state index contributed by atoms with van der Waals surface area (Å²) in [5, 5.41) is 18.1. The summed E-state index contributed by atoms with van der Waals surface area (Å²) >= 11 is 0. The Morgan fingerprint density at radius 3 is 2.87 bits per heavy atom. The highest BCUT2D eigenvalue weighted by molar-refractivity contribution is 5.93. The molecule has 5 nitrogen and oxygen atoms in total. The van der Waals surface area contributed by atoms with Crippen molar-refractivity contribution >= 4 is 11.7 Å². The van der Waals surface area contributed by atoms with Crippen LogP contribution in [0.15, 0.2) is 12.1 Å². The van der Waals surface area contributed by atoms with E-state index in [0.717, 1.165) is 6.07 Å². The van der Waals surface area contributed by atoms with E-state index in [1.165, 1.54) is 6.07 Å². The van der Waals surface area contributed by atoms with Crippen molar-refractivity contribution in [2.24, 2.45) is 0 Å². The highest BCUT2D eigenvalue weighted by atomic mass is 16.5. The van der Waals surface area contributed by atoms with Gasteiger partial charge in [0.25, 0.3) is 0 Å². The van der Waals surface area contributed by atoms with Crippen molar-refractivity contribution in [1.29, 1.82) is 5.26 Å². The lowest BCUT2D eigenvalue weighted by Gasteiger charge is -2.06. The molecule has 0 saturated carbocycles. The summed E-state index contributed by atoms with van der Waals surface area (Å²) in [6.07, 6.45) is 0. The molecule has 0 saturated heterocycles. The van der Waals surface area contributed by atoms with E-state index < -0.39 is 5.97 Å². The van der Waals surface area contributed by atoms with Crippen LogP contribution < -0.4 is 5.73 Å². The number of aromatic hydroxyl groups is 1. The van der Waals surface area contributed by atoms with Crippen LogP contribution in [0.4, 0.5) is 5.69 Å². The zero-order chi connectivity index (χ0) is 11.4. The normalized spacial score (nSPS) is 9.33. The van der Waals surface area contributed by atoms with Gasteiger partial charge in [0, 0.05) is 6.07 Å². The van der Waals surface area contributed by atoms with E-state index in [1.54, 1.807) is 6.92 Å². The summed E-state index contributed by atoms with van der Waals surface area (Å²) in [5.74, 6) is -0.962. The standard InChI is InChI=1S/C10H10N2O3/c1-2-15-10(14)7-3-6(5-11)8(12)4-9(7)13/h3-4,13H,2,12H2,1H3. The minimum absolute atomic E-state index is 0.0531. The number of phenols is 1. The molecule has 0 aliphatic rings. The Morgan fingerprint density at radius 2 is 2.33 bits per heavy atom. The lowest BCUT2D eigenvalue weighted by atomic mass is 10.1. The molecule has 0 unspecified atom stereocenters. The number of nitrogen functional groups attached to an aromatic ring is 1. The third kappa shape index (κ3) is 2.17. The van der Waals surface area contributed by atoms with Crippen LogP contribution in [0, 0.1) is 11.3 Å². The smallest absolute Gasteiger partial charge is 0.341 e. The van der Waals surface area contributed by atoms with Crippen molar-refractivity contribution in [3.05, 3.63) is 23.3 Å². The number of nitrogens with two attached hydrogens (primary N) is 1. The van der Waals surface area contributed by atoms with Crippen molar-refractivity contribution in [1.82, 2.24) is 0 Å².